The van der Waals surface area contributed by atoms with E-state index in [1.807, 2.05) is 12.1 Å². The Kier molecular flexibility index (Phi) is 4.82. The van der Waals surface area contributed by atoms with Gasteiger partial charge in [-0.3, -0.25) is 0 Å². The number of fused-ring (bicyclic) bond motifs is 1. The molecule has 0 fully saturated rings. The molecule has 0 aliphatic heterocycles. The summed E-state index contributed by atoms with van der Waals surface area (Å²) in [5.74, 6) is 0. The predicted octanol–water partition coefficient (Wildman–Crippen LogP) is 5.15. The summed E-state index contributed by atoms with van der Waals surface area (Å²) in [7, 11) is 0. The zero-order valence-electron chi connectivity index (χ0n) is 13.5. The average molecular weight is 327 g/mol. The van der Waals surface area contributed by atoms with Gasteiger partial charge in [-0.05, 0) is 36.9 Å². The number of unbranched alkanes of at least 4 members (excludes halogenated alkanes) is 1. The lowest BCUT2D eigenvalue weighted by Gasteiger charge is -2.25. The maximum Gasteiger partial charge on any atom is 0.336 e. The van der Waals surface area contributed by atoms with E-state index in [1.165, 1.54) is 16.5 Å². The van der Waals surface area contributed by atoms with Crippen LogP contribution in [0.5, 0.6) is 0 Å². The lowest BCUT2D eigenvalue weighted by molar-refractivity contribution is 0.561. The van der Waals surface area contributed by atoms with Crippen molar-refractivity contribution >= 4 is 28.0 Å². The molecule has 0 saturated heterocycles. The molecule has 0 spiro atoms. The van der Waals surface area contributed by atoms with Gasteiger partial charge in [-0.15, -0.1) is 11.3 Å². The fraction of sp³-hybridized carbons (Fsp3) is 0.316. The Bertz CT molecular complexity index is 836. The first kappa shape index (κ1) is 15.8. The molecule has 0 radical (unpaired) electrons. The topological polar surface area (TPSA) is 33.5 Å². The van der Waals surface area contributed by atoms with Crippen LogP contribution in [0, 0.1) is 0 Å². The Hall–Kier alpha value is -2.07. The Morgan fingerprint density at radius 3 is 2.74 bits per heavy atom. The molecular formula is C19H21NO2S. The molecule has 1 aromatic carbocycles. The number of rotatable bonds is 6. The molecule has 0 unspecified atom stereocenters. The van der Waals surface area contributed by atoms with Gasteiger partial charge >= 0.3 is 5.63 Å². The highest BCUT2D eigenvalue weighted by Crippen LogP contribution is 2.37. The highest BCUT2D eigenvalue weighted by molar-refractivity contribution is 7.13. The second-order valence-electron chi connectivity index (χ2n) is 5.57. The van der Waals surface area contributed by atoms with Gasteiger partial charge in [0.15, 0.2) is 0 Å². The van der Waals surface area contributed by atoms with E-state index in [9.17, 15) is 4.79 Å². The van der Waals surface area contributed by atoms with Gasteiger partial charge in [0.1, 0.15) is 5.58 Å². The summed E-state index contributed by atoms with van der Waals surface area (Å²) in [6.07, 6.45) is 2.31. The van der Waals surface area contributed by atoms with Crippen molar-refractivity contribution in [3.05, 3.63) is 52.2 Å². The van der Waals surface area contributed by atoms with Gasteiger partial charge in [-0.25, -0.2) is 4.79 Å². The normalized spacial score (nSPS) is 11.0. The SMILES string of the molecule is CCCCN(CC)c1cc2oc(=O)ccc2cc1-c1cccs1. The second-order valence-corrected chi connectivity index (χ2v) is 6.52. The van der Waals surface area contributed by atoms with Crippen molar-refractivity contribution in [3.8, 4) is 10.4 Å². The molecular weight excluding hydrogens is 306 g/mol. The van der Waals surface area contributed by atoms with E-state index in [0.29, 0.717) is 5.58 Å². The van der Waals surface area contributed by atoms with Crippen LogP contribution in [0.3, 0.4) is 0 Å². The molecule has 3 rings (SSSR count). The minimum Gasteiger partial charge on any atom is -0.423 e. The van der Waals surface area contributed by atoms with Crippen LogP contribution >= 0.6 is 11.3 Å². The van der Waals surface area contributed by atoms with E-state index in [0.717, 1.165) is 37.0 Å². The lowest BCUT2D eigenvalue weighted by atomic mass is 10.1. The molecule has 120 valence electrons. The quantitative estimate of drug-likeness (QED) is 0.587. The number of benzene rings is 1. The molecule has 0 aliphatic rings. The number of anilines is 1. The van der Waals surface area contributed by atoms with Crippen molar-refractivity contribution in [2.75, 3.05) is 18.0 Å². The highest BCUT2D eigenvalue weighted by atomic mass is 32.1. The van der Waals surface area contributed by atoms with Crippen molar-refractivity contribution in [2.24, 2.45) is 0 Å². The van der Waals surface area contributed by atoms with Crippen molar-refractivity contribution in [2.45, 2.75) is 26.7 Å². The van der Waals surface area contributed by atoms with Gasteiger partial charge in [-0.2, -0.15) is 0 Å². The van der Waals surface area contributed by atoms with E-state index in [1.54, 1.807) is 11.3 Å². The Morgan fingerprint density at radius 2 is 2.04 bits per heavy atom. The first-order valence-electron chi connectivity index (χ1n) is 8.09. The first-order valence-corrected chi connectivity index (χ1v) is 8.97. The standard InChI is InChI=1S/C19H21NO2S/c1-3-5-10-20(4-2)16-13-17-14(8-9-19(21)22-17)12-15(16)18-7-6-11-23-18/h6-9,11-13H,3-5,10H2,1-2H3. The third-order valence-electron chi connectivity index (χ3n) is 4.03. The van der Waals surface area contributed by atoms with Crippen LogP contribution in [0.2, 0.25) is 0 Å². The van der Waals surface area contributed by atoms with E-state index < -0.39 is 0 Å². The molecule has 0 aliphatic carbocycles. The maximum atomic E-state index is 11.5. The van der Waals surface area contributed by atoms with Gasteiger partial charge in [0.2, 0.25) is 0 Å². The van der Waals surface area contributed by atoms with E-state index in [2.05, 4.69) is 42.3 Å². The smallest absolute Gasteiger partial charge is 0.336 e. The minimum atomic E-state index is -0.302. The molecule has 3 nitrogen and oxygen atoms in total. The predicted molar refractivity (Wildman–Crippen MR) is 98.6 cm³/mol. The summed E-state index contributed by atoms with van der Waals surface area (Å²) in [4.78, 5) is 15.1. The van der Waals surface area contributed by atoms with Gasteiger partial charge in [0.05, 0.1) is 0 Å². The molecule has 2 aromatic heterocycles. The molecule has 3 aromatic rings. The Labute approximate surface area is 140 Å². The Morgan fingerprint density at radius 1 is 1.17 bits per heavy atom. The lowest BCUT2D eigenvalue weighted by Crippen LogP contribution is -2.24. The second kappa shape index (κ2) is 7.01. The first-order chi connectivity index (χ1) is 11.2. The van der Waals surface area contributed by atoms with E-state index in [4.69, 9.17) is 4.42 Å². The molecule has 4 heteroatoms. The minimum absolute atomic E-state index is 0.302. The van der Waals surface area contributed by atoms with Crippen LogP contribution in [-0.2, 0) is 0 Å². The largest absolute Gasteiger partial charge is 0.423 e. The summed E-state index contributed by atoms with van der Waals surface area (Å²) in [5, 5.41) is 3.06. The number of hydrogen-bond donors (Lipinski definition) is 0. The van der Waals surface area contributed by atoms with Gasteiger partial charge in [-0.1, -0.05) is 19.4 Å². The third-order valence-corrected chi connectivity index (χ3v) is 4.93. The van der Waals surface area contributed by atoms with Gasteiger partial charge < -0.3 is 9.32 Å². The molecule has 0 saturated carbocycles. The van der Waals surface area contributed by atoms with Crippen molar-refractivity contribution in [3.63, 3.8) is 0 Å². The molecule has 0 N–H and O–H groups in total. The monoisotopic (exact) mass is 327 g/mol. The van der Waals surface area contributed by atoms with Crippen molar-refractivity contribution in [1.82, 2.24) is 0 Å². The molecule has 2 heterocycles. The zero-order valence-corrected chi connectivity index (χ0v) is 14.4. The highest BCUT2D eigenvalue weighted by Gasteiger charge is 2.14. The Balaban J connectivity index is 2.18. The zero-order chi connectivity index (χ0) is 16.2. The van der Waals surface area contributed by atoms with E-state index >= 15 is 0 Å². The fourth-order valence-corrected chi connectivity index (χ4v) is 3.54. The summed E-state index contributed by atoms with van der Waals surface area (Å²) in [5.41, 5.74) is 2.70. The molecule has 0 atom stereocenters. The van der Waals surface area contributed by atoms with Gasteiger partial charge in [0, 0.05) is 46.7 Å². The van der Waals surface area contributed by atoms with E-state index in [-0.39, 0.29) is 5.63 Å². The van der Waals surface area contributed by atoms with Crippen LogP contribution in [0.1, 0.15) is 26.7 Å². The third kappa shape index (κ3) is 3.32. The molecule has 23 heavy (non-hydrogen) atoms. The fourth-order valence-electron chi connectivity index (χ4n) is 2.79. The average Bonchev–Trinajstić information content (AvgIpc) is 3.09. The summed E-state index contributed by atoms with van der Waals surface area (Å²) in [6.45, 7) is 6.31. The number of nitrogens with zero attached hydrogens (tertiary/aromatic N) is 1. The van der Waals surface area contributed by atoms with Crippen molar-refractivity contribution in [1.29, 1.82) is 0 Å². The number of thiophene rings is 1. The van der Waals surface area contributed by atoms with Crippen LogP contribution in [0.15, 0.2) is 51.0 Å². The number of hydrogen-bond acceptors (Lipinski definition) is 4. The van der Waals surface area contributed by atoms with Crippen LogP contribution in [0.25, 0.3) is 21.4 Å². The maximum absolute atomic E-state index is 11.5. The van der Waals surface area contributed by atoms with Crippen molar-refractivity contribution < 1.29 is 4.42 Å². The molecule has 0 bridgehead atoms. The molecule has 0 amide bonds. The summed E-state index contributed by atoms with van der Waals surface area (Å²) >= 11 is 1.73. The summed E-state index contributed by atoms with van der Waals surface area (Å²) in [6, 6.07) is 11.7. The summed E-state index contributed by atoms with van der Waals surface area (Å²) < 4.78 is 5.39. The van der Waals surface area contributed by atoms with Crippen LogP contribution in [-0.4, -0.2) is 13.1 Å². The van der Waals surface area contributed by atoms with Gasteiger partial charge in [0.25, 0.3) is 0 Å². The van der Waals surface area contributed by atoms with Crippen LogP contribution in [0.4, 0.5) is 5.69 Å². The van der Waals surface area contributed by atoms with Crippen LogP contribution < -0.4 is 10.5 Å².